The largest absolute Gasteiger partial charge is 0.396 e. The number of aliphatic hydroxyl groups excluding tert-OH is 1. The van der Waals surface area contributed by atoms with Crippen molar-refractivity contribution in [2.75, 3.05) is 124 Å². The Morgan fingerprint density at radius 2 is 0.739 bits per heavy atom. The predicted octanol–water partition coefficient (Wildman–Crippen LogP) is 10.4. The summed E-state index contributed by atoms with van der Waals surface area (Å²) in [6.07, 6.45) is 33.5. The molecule has 9 aliphatic heterocycles. The van der Waals surface area contributed by atoms with E-state index in [1.807, 2.05) is 76.5 Å². The number of imide groups is 1. The Hall–Kier alpha value is -14.5. The normalized spacial score (nSPS) is 23.5. The lowest BCUT2D eigenvalue weighted by atomic mass is 9.95. The Balaban J connectivity index is 0.000000109. The molecule has 744 valence electrons. The zero-order valence-electron chi connectivity index (χ0n) is 81.1. The lowest BCUT2D eigenvalue weighted by Crippen LogP contribution is -2.46. The molecule has 19 heterocycles. The molecule has 24 rings (SSSR count). The van der Waals surface area contributed by atoms with Gasteiger partial charge in [-0.1, -0.05) is 40.2 Å². The van der Waals surface area contributed by atoms with Gasteiger partial charge in [0.1, 0.15) is 64.4 Å². The van der Waals surface area contributed by atoms with Crippen LogP contribution in [-0.4, -0.2) is 253 Å². The van der Waals surface area contributed by atoms with E-state index in [0.717, 1.165) is 210 Å². The van der Waals surface area contributed by atoms with Crippen LogP contribution in [0.25, 0.3) is 58.6 Å². The zero-order chi connectivity index (χ0) is 98.6. The Morgan fingerprint density at radius 1 is 0.423 bits per heavy atom. The molecular formula is C101H123FN30O10. The van der Waals surface area contributed by atoms with Crippen molar-refractivity contribution < 1.29 is 52.5 Å². The van der Waals surface area contributed by atoms with E-state index in [2.05, 4.69) is 172 Å². The maximum atomic E-state index is 13.7. The number of aromatic nitrogens is 15. The van der Waals surface area contributed by atoms with E-state index in [-0.39, 0.29) is 78.3 Å². The van der Waals surface area contributed by atoms with Gasteiger partial charge in [0.15, 0.2) is 28.2 Å². The minimum Gasteiger partial charge on any atom is -0.396 e. The molecule has 10 aromatic rings. The second kappa shape index (κ2) is 39.9. The van der Waals surface area contributed by atoms with E-state index in [1.54, 1.807) is 44.4 Å². The minimum atomic E-state index is -0.812. The van der Waals surface area contributed by atoms with E-state index >= 15 is 0 Å². The van der Waals surface area contributed by atoms with E-state index in [9.17, 15) is 38.3 Å². The van der Waals surface area contributed by atoms with E-state index in [0.29, 0.717) is 133 Å². The number of hydrogen-bond acceptors (Lipinski definition) is 30. The highest BCUT2D eigenvalue weighted by Crippen LogP contribution is 2.39. The molecule has 3 unspecified atom stereocenters. The summed E-state index contributed by atoms with van der Waals surface area (Å²) in [6, 6.07) is 12.9. The Bertz CT molecular complexity index is 6680. The fraction of sp³-hybridized carbons (Fsp3) is 0.465. The minimum absolute atomic E-state index is 0.0262. The quantitative estimate of drug-likeness (QED) is 0.0197. The van der Waals surface area contributed by atoms with Gasteiger partial charge in [0.05, 0.1) is 94.0 Å². The number of nitrogens with one attached hydrogen (secondary N) is 11. The first-order chi connectivity index (χ1) is 68.4. The van der Waals surface area contributed by atoms with E-state index < -0.39 is 6.17 Å². The summed E-state index contributed by atoms with van der Waals surface area (Å²) < 4.78 is 40.0. The van der Waals surface area contributed by atoms with Crippen molar-refractivity contribution in [2.45, 2.75) is 224 Å². The Labute approximate surface area is 819 Å². The molecule has 40 nitrogen and oxygen atoms in total. The molecule has 5 saturated carbocycles. The molecule has 0 radical (unpaired) electrons. The molecule has 6 amide bonds. The fourth-order valence-corrected chi connectivity index (χ4v) is 18.5. The van der Waals surface area contributed by atoms with Crippen LogP contribution in [-0.2, 0) is 43.0 Å². The van der Waals surface area contributed by atoms with Gasteiger partial charge in [-0.05, 0) is 164 Å². The lowest BCUT2D eigenvalue weighted by molar-refractivity contribution is -0.124. The number of hydrogen-bond donors (Lipinski definition) is 12. The van der Waals surface area contributed by atoms with E-state index in [4.69, 9.17) is 39.1 Å². The predicted molar refractivity (Wildman–Crippen MR) is 541 cm³/mol. The summed E-state index contributed by atoms with van der Waals surface area (Å²) >= 11 is 0. The summed E-state index contributed by atoms with van der Waals surface area (Å²) in [6.45, 7) is 34.4. The number of fused-ring (bicyclic) bond motifs is 5. The monoisotopic (exact) mass is 1940 g/mol. The number of rotatable bonds is 24. The third-order valence-electron chi connectivity index (χ3n) is 27.0. The number of halogens is 1. The number of morpholine rings is 2. The van der Waals surface area contributed by atoms with Gasteiger partial charge in [0, 0.05) is 194 Å². The number of nitrogens with zero attached hydrogens (tertiary/aromatic N) is 19. The highest BCUT2D eigenvalue weighted by atomic mass is 19.1. The van der Waals surface area contributed by atoms with Crippen molar-refractivity contribution in [3.63, 3.8) is 0 Å². The highest BCUT2D eigenvalue weighted by molar-refractivity contribution is 6.16. The molecule has 41 heteroatoms. The van der Waals surface area contributed by atoms with Crippen molar-refractivity contribution in [3.8, 4) is 0 Å². The van der Waals surface area contributed by atoms with Crippen LogP contribution in [0.3, 0.4) is 0 Å². The molecule has 12 N–H and O–H groups in total. The molecule has 5 aliphatic carbocycles. The maximum absolute atomic E-state index is 13.7. The second-order valence-corrected chi connectivity index (χ2v) is 40.3. The molecule has 0 spiro atoms. The lowest BCUT2D eigenvalue weighted by Gasteiger charge is -2.36. The van der Waals surface area contributed by atoms with Crippen molar-refractivity contribution in [1.82, 2.24) is 99.6 Å². The SMILES string of the molecule is C=C1NC(=O)C/C1=C\c1cnn2c(NC3CC3)cc(N(C)C3CCOCC3)nc12.C=C1NC(=O)C/C1=C\c1cnn2c(NC3CC3)cc(N3CC(C)OC(C)C3)nc12.C=C1NC(=O)C/C1=C\c1cnn2c(NC3CC3)cc(N3CCC(F)C3)nc12.C=C1NC(=O)C/C1=C\c1cnn2c(NC3CC3)cc(NCC(C)(C)CO)nc12.C[C@@H]1CN(c2cc(NC3CC3)n3ncc(/C=C4\CC(=O)NC4=O)c3n2)C[C@H](C)O1. The molecule has 9 saturated heterocycles. The van der Waals surface area contributed by atoms with Gasteiger partial charge in [-0.2, -0.15) is 48.1 Å². The van der Waals surface area contributed by atoms with Crippen LogP contribution in [0.1, 0.15) is 185 Å². The van der Waals surface area contributed by atoms with Gasteiger partial charge in [-0.15, -0.1) is 0 Å². The molecule has 14 aliphatic rings. The summed E-state index contributed by atoms with van der Waals surface area (Å²) in [7, 11) is 2.10. The number of carbonyl (C=O) groups is 6. The topological polar surface area (TPSA) is 447 Å². The van der Waals surface area contributed by atoms with Gasteiger partial charge >= 0.3 is 0 Å². The molecule has 0 bridgehead atoms. The number of anilines is 10. The van der Waals surface area contributed by atoms with E-state index in [1.165, 1.54) is 25.7 Å². The number of carbonyl (C=O) groups excluding carboxylic acids is 6. The van der Waals surface area contributed by atoms with Crippen LogP contribution >= 0.6 is 0 Å². The standard InChI is InChI=1S/2C21H26N6O2.C20H24N6O3.C20H26N6O2.C19H21FN6O/c1-12-10-26(11-13(2)29-12)18-8-19(24-17-4-5-17)27-21(25-18)16(9-22-27)6-15-7-20(28)23-14(15)3;1-13-14(10-20(28)23-13)9-15-12-22-27-19(24-16-3-4-16)11-18(25-21(15)27)26(2)17-5-7-29-8-6-17;1-11-9-25(10-12(2)29-11)16-7-17(22-15-3-4-15)26-19(23-16)14(8-21-26)5-13-6-18(27)24-20(13)28;1-12-13(7-18(28)23-12)6-14-9-22-26-17(24-15-4-5-15)8-16(25-19(14)26)21-10-20(2,3)11-27;1-11-12(7-18(27)22-11)6-13-9-21-26-17(23-15-2-3-15)8-16(24-19(13)26)25-5-4-14(20)10-25/h6,8-9,12-13,17,24H,3-5,7,10-11H2,1-2H3,(H,23,28);9,11-12,16-17,24H,1,3-8,10H2,2H3,(H,23,28);5,7-8,11-12,15,22H,3-4,6,9-10H2,1-2H3,(H,24,27,28);6,8-9,15,24,27H,1,4-5,7,10-11H2,2-3H3,(H,21,25)(H,23,28);6,8-9,14-15,23H,1-5,7,10H2,(H,22,27)/b15-6+;14-9+;13-5+;13-6+;12-6+/t;;11-,12+;;. The van der Waals surface area contributed by atoms with Crippen LogP contribution in [0.2, 0.25) is 0 Å². The van der Waals surface area contributed by atoms with Crippen molar-refractivity contribution in [3.05, 3.63) is 166 Å². The first-order valence-corrected chi connectivity index (χ1v) is 49.4. The zero-order valence-corrected chi connectivity index (χ0v) is 81.1. The number of amides is 6. The van der Waals surface area contributed by atoms with Crippen LogP contribution in [0.15, 0.2) is 138 Å². The van der Waals surface area contributed by atoms with Crippen LogP contribution in [0, 0.1) is 5.41 Å². The average molecular weight is 1940 g/mol. The number of ether oxygens (including phenoxy) is 3. The summed E-state index contributed by atoms with van der Waals surface area (Å²) in [4.78, 5) is 103. The van der Waals surface area contributed by atoms with Crippen molar-refractivity contribution in [2.24, 2.45) is 5.41 Å². The summed E-state index contributed by atoms with van der Waals surface area (Å²) in [5, 5.41) is 66.4. The highest BCUT2D eigenvalue weighted by Gasteiger charge is 2.36. The molecule has 142 heavy (non-hydrogen) atoms. The Morgan fingerprint density at radius 3 is 1.06 bits per heavy atom. The van der Waals surface area contributed by atoms with Crippen LogP contribution < -0.4 is 78.1 Å². The van der Waals surface area contributed by atoms with Gasteiger partial charge in [0.25, 0.3) is 5.91 Å². The summed E-state index contributed by atoms with van der Waals surface area (Å²) in [5.41, 5.74) is 13.9. The molecule has 14 fully saturated rings. The average Bonchev–Trinajstić information content (AvgIpc) is 1.22. The first kappa shape index (κ1) is 95.1. The number of aliphatic hydroxyl groups is 1. The fourth-order valence-electron chi connectivity index (χ4n) is 18.5. The van der Waals surface area contributed by atoms with Crippen LogP contribution in [0.5, 0.6) is 0 Å². The third-order valence-corrected chi connectivity index (χ3v) is 27.0. The van der Waals surface area contributed by atoms with Gasteiger partial charge in [0.2, 0.25) is 29.5 Å². The molecule has 0 aromatic carbocycles. The number of allylic oxidation sites excluding steroid dienone is 4. The summed E-state index contributed by atoms with van der Waals surface area (Å²) in [5.74, 6) is 7.91. The first-order valence-electron chi connectivity index (χ1n) is 49.4. The smallest absolute Gasteiger partial charge is 0.254 e. The Kier molecular flexibility index (Phi) is 26.7. The number of alkyl halides is 1. The van der Waals surface area contributed by atoms with Crippen molar-refractivity contribution >= 4 is 152 Å². The van der Waals surface area contributed by atoms with Crippen molar-refractivity contribution in [1.29, 1.82) is 0 Å². The van der Waals surface area contributed by atoms with Gasteiger partial charge < -0.3 is 92.1 Å². The third kappa shape index (κ3) is 22.3. The maximum Gasteiger partial charge on any atom is 0.254 e. The molecule has 5 atom stereocenters. The molecule has 10 aromatic heterocycles. The van der Waals surface area contributed by atoms with Crippen LogP contribution in [0.4, 0.5) is 62.6 Å². The molecular weight excluding hydrogens is 1810 g/mol. The van der Waals surface area contributed by atoms with Gasteiger partial charge in [-0.3, -0.25) is 34.1 Å². The second-order valence-electron chi connectivity index (χ2n) is 40.3. The van der Waals surface area contributed by atoms with Gasteiger partial charge in [-0.25, -0.2) is 29.3 Å².